The highest BCUT2D eigenvalue weighted by molar-refractivity contribution is 7.99. The Hall–Kier alpha value is -1.82. The molecule has 0 spiro atoms. The highest BCUT2D eigenvalue weighted by atomic mass is 32.2. The predicted octanol–water partition coefficient (Wildman–Crippen LogP) is 2.60. The number of nitrogens with zero attached hydrogens (tertiary/aromatic N) is 4. The first-order valence-corrected chi connectivity index (χ1v) is 8.65. The Morgan fingerprint density at radius 3 is 2.95 bits per heavy atom. The highest BCUT2D eigenvalue weighted by Crippen LogP contribution is 2.38. The van der Waals surface area contributed by atoms with E-state index >= 15 is 0 Å². The van der Waals surface area contributed by atoms with Crippen molar-refractivity contribution in [2.24, 2.45) is 0 Å². The van der Waals surface area contributed by atoms with E-state index < -0.39 is 0 Å². The molecule has 0 saturated heterocycles. The summed E-state index contributed by atoms with van der Waals surface area (Å²) in [6, 6.07) is 8.69. The summed E-state index contributed by atoms with van der Waals surface area (Å²) in [5.74, 6) is 1.51. The number of hydrogen-bond donors (Lipinski definition) is 0. The number of carbonyl (C=O) groups is 1. The molecule has 2 heterocycles. The minimum absolute atomic E-state index is 0.151. The maximum Gasteiger partial charge on any atom is 0.237 e. The second-order valence-electron chi connectivity index (χ2n) is 5.84. The van der Waals surface area contributed by atoms with Crippen LogP contribution in [0.5, 0.6) is 0 Å². The number of aromatic nitrogens is 3. The number of rotatable bonds is 4. The first kappa shape index (κ1) is 13.8. The fourth-order valence-corrected chi connectivity index (χ4v) is 3.93. The number of benzene rings is 1. The van der Waals surface area contributed by atoms with Gasteiger partial charge in [-0.25, -0.2) is 0 Å². The van der Waals surface area contributed by atoms with Gasteiger partial charge in [0.05, 0.1) is 5.75 Å². The van der Waals surface area contributed by atoms with E-state index in [1.807, 2.05) is 30.0 Å². The summed E-state index contributed by atoms with van der Waals surface area (Å²) in [6.07, 6.45) is 3.34. The quantitative estimate of drug-likeness (QED) is 0.814. The Bertz CT molecular complexity index is 723. The minimum atomic E-state index is 0.151. The van der Waals surface area contributed by atoms with Crippen LogP contribution in [0.25, 0.3) is 0 Å². The zero-order valence-electron chi connectivity index (χ0n) is 12.5. The Balaban J connectivity index is 1.45. The van der Waals surface area contributed by atoms with Crippen LogP contribution < -0.4 is 4.90 Å². The minimum Gasteiger partial charge on any atom is -0.311 e. The van der Waals surface area contributed by atoms with Gasteiger partial charge in [0.15, 0.2) is 5.16 Å². The van der Waals surface area contributed by atoms with Crippen molar-refractivity contribution in [3.63, 3.8) is 0 Å². The largest absolute Gasteiger partial charge is 0.311 e. The Labute approximate surface area is 133 Å². The van der Waals surface area contributed by atoms with E-state index in [1.54, 1.807) is 0 Å². The zero-order valence-corrected chi connectivity index (χ0v) is 13.3. The first-order chi connectivity index (χ1) is 10.7. The number of hydrogen-bond acceptors (Lipinski definition) is 4. The number of amides is 1. The fourth-order valence-electron chi connectivity index (χ4n) is 3.00. The summed E-state index contributed by atoms with van der Waals surface area (Å²) < 4.78 is 2.18. The van der Waals surface area contributed by atoms with Gasteiger partial charge in [0.25, 0.3) is 0 Å². The van der Waals surface area contributed by atoms with Crippen LogP contribution in [0.4, 0.5) is 5.69 Å². The average Bonchev–Trinajstić information content (AvgIpc) is 3.16. The topological polar surface area (TPSA) is 51.0 Å². The van der Waals surface area contributed by atoms with Crippen LogP contribution in [0.2, 0.25) is 0 Å². The SMILES string of the molecule is Cc1nnc(SCC(=O)N2CCc3ccccc32)n1C1CC1. The van der Waals surface area contributed by atoms with Gasteiger partial charge in [0.2, 0.25) is 5.91 Å². The van der Waals surface area contributed by atoms with Crippen LogP contribution in [0.1, 0.15) is 30.3 Å². The normalized spacial score (nSPS) is 16.9. The van der Waals surface area contributed by atoms with E-state index in [-0.39, 0.29) is 5.91 Å². The average molecular weight is 314 g/mol. The van der Waals surface area contributed by atoms with Gasteiger partial charge in [0.1, 0.15) is 5.82 Å². The molecule has 1 fully saturated rings. The van der Waals surface area contributed by atoms with Crippen LogP contribution in [-0.4, -0.2) is 33.0 Å². The first-order valence-electron chi connectivity index (χ1n) is 7.66. The molecule has 0 atom stereocenters. The lowest BCUT2D eigenvalue weighted by Gasteiger charge is -2.17. The molecule has 0 radical (unpaired) electrons. The van der Waals surface area contributed by atoms with E-state index in [1.165, 1.54) is 30.2 Å². The molecule has 0 unspecified atom stereocenters. The van der Waals surface area contributed by atoms with Gasteiger partial charge in [-0.05, 0) is 37.8 Å². The molecule has 22 heavy (non-hydrogen) atoms. The molecule has 1 aliphatic heterocycles. The molecule has 6 heteroatoms. The summed E-state index contributed by atoms with van der Waals surface area (Å²) in [5.41, 5.74) is 2.32. The van der Waals surface area contributed by atoms with Gasteiger partial charge in [0, 0.05) is 18.3 Å². The van der Waals surface area contributed by atoms with Gasteiger partial charge >= 0.3 is 0 Å². The Morgan fingerprint density at radius 2 is 2.14 bits per heavy atom. The molecule has 0 bridgehead atoms. The van der Waals surface area contributed by atoms with E-state index in [0.29, 0.717) is 11.8 Å². The van der Waals surface area contributed by atoms with Crippen LogP contribution in [0.15, 0.2) is 29.4 Å². The lowest BCUT2D eigenvalue weighted by atomic mass is 10.2. The number of carbonyl (C=O) groups excluding carboxylic acids is 1. The van der Waals surface area contributed by atoms with E-state index in [2.05, 4.69) is 20.8 Å². The molecule has 5 nitrogen and oxygen atoms in total. The number of para-hydroxylation sites is 1. The molecule has 2 aromatic rings. The summed E-state index contributed by atoms with van der Waals surface area (Å²) in [4.78, 5) is 14.4. The third-order valence-electron chi connectivity index (χ3n) is 4.26. The summed E-state index contributed by atoms with van der Waals surface area (Å²) in [7, 11) is 0. The molecular formula is C16H18N4OS. The maximum absolute atomic E-state index is 12.5. The molecular weight excluding hydrogens is 296 g/mol. The Morgan fingerprint density at radius 1 is 1.32 bits per heavy atom. The second-order valence-corrected chi connectivity index (χ2v) is 6.79. The van der Waals surface area contributed by atoms with Crippen molar-refractivity contribution >= 4 is 23.4 Å². The van der Waals surface area contributed by atoms with Crippen molar-refractivity contribution in [1.82, 2.24) is 14.8 Å². The summed E-state index contributed by atoms with van der Waals surface area (Å²) in [5, 5.41) is 9.26. The van der Waals surface area contributed by atoms with E-state index in [9.17, 15) is 4.79 Å². The van der Waals surface area contributed by atoms with Gasteiger partial charge < -0.3 is 9.47 Å². The molecule has 2 aliphatic rings. The molecule has 114 valence electrons. The number of thioether (sulfide) groups is 1. The number of anilines is 1. The second kappa shape index (κ2) is 5.43. The smallest absolute Gasteiger partial charge is 0.237 e. The molecule has 0 N–H and O–H groups in total. The van der Waals surface area contributed by atoms with Gasteiger partial charge in [-0.1, -0.05) is 30.0 Å². The molecule has 1 aromatic carbocycles. The Kier molecular flexibility index (Phi) is 3.41. The van der Waals surface area contributed by atoms with Crippen LogP contribution >= 0.6 is 11.8 Å². The van der Waals surface area contributed by atoms with Crippen molar-refractivity contribution in [2.45, 2.75) is 37.4 Å². The highest BCUT2D eigenvalue weighted by Gasteiger charge is 2.29. The third kappa shape index (κ3) is 2.41. The van der Waals surface area contributed by atoms with Gasteiger partial charge in [-0.2, -0.15) is 0 Å². The summed E-state index contributed by atoms with van der Waals surface area (Å²) >= 11 is 1.50. The lowest BCUT2D eigenvalue weighted by Crippen LogP contribution is -2.30. The summed E-state index contributed by atoms with van der Waals surface area (Å²) in [6.45, 7) is 2.76. The van der Waals surface area contributed by atoms with E-state index in [4.69, 9.17) is 0 Å². The standard InChI is InChI=1S/C16H18N4OS/c1-11-17-18-16(20(11)13-6-7-13)22-10-15(21)19-9-8-12-4-2-3-5-14(12)19/h2-5,13H,6-10H2,1H3. The maximum atomic E-state index is 12.5. The van der Waals surface area contributed by atoms with E-state index in [0.717, 1.165) is 29.6 Å². The van der Waals surface area contributed by atoms with Crippen molar-refractivity contribution in [3.8, 4) is 0 Å². The lowest BCUT2D eigenvalue weighted by molar-refractivity contribution is -0.116. The van der Waals surface area contributed by atoms with Crippen LogP contribution in [0, 0.1) is 6.92 Å². The number of aryl methyl sites for hydroxylation is 1. The van der Waals surface area contributed by atoms with Crippen molar-refractivity contribution < 1.29 is 4.79 Å². The van der Waals surface area contributed by atoms with Crippen molar-refractivity contribution in [3.05, 3.63) is 35.7 Å². The monoisotopic (exact) mass is 314 g/mol. The molecule has 4 rings (SSSR count). The van der Waals surface area contributed by atoms with Gasteiger partial charge in [-0.3, -0.25) is 4.79 Å². The van der Waals surface area contributed by atoms with Crippen molar-refractivity contribution in [2.75, 3.05) is 17.2 Å². The molecule has 1 aromatic heterocycles. The zero-order chi connectivity index (χ0) is 15.1. The molecule has 1 aliphatic carbocycles. The predicted molar refractivity (Wildman–Crippen MR) is 86.3 cm³/mol. The third-order valence-corrected chi connectivity index (χ3v) is 5.19. The number of fused-ring (bicyclic) bond motifs is 1. The molecule has 1 saturated carbocycles. The van der Waals surface area contributed by atoms with Gasteiger partial charge in [-0.15, -0.1) is 10.2 Å². The molecule has 1 amide bonds. The van der Waals surface area contributed by atoms with Crippen molar-refractivity contribution in [1.29, 1.82) is 0 Å². The van der Waals surface area contributed by atoms with Crippen LogP contribution in [0.3, 0.4) is 0 Å². The fraction of sp³-hybridized carbons (Fsp3) is 0.438. The van der Waals surface area contributed by atoms with Crippen LogP contribution in [-0.2, 0) is 11.2 Å².